The fourth-order valence-electron chi connectivity index (χ4n) is 1.96. The highest BCUT2D eigenvalue weighted by Gasteiger charge is 2.19. The summed E-state index contributed by atoms with van der Waals surface area (Å²) in [5.74, 6) is -1.49. The lowest BCUT2D eigenvalue weighted by Gasteiger charge is -2.21. The lowest BCUT2D eigenvalue weighted by atomic mass is 10.0. The number of hydrogen-bond acceptors (Lipinski definition) is 4. The summed E-state index contributed by atoms with van der Waals surface area (Å²) in [7, 11) is 1.69. The Hall–Kier alpha value is -2.55. The Labute approximate surface area is 131 Å². The van der Waals surface area contributed by atoms with Crippen LogP contribution in [0.5, 0.6) is 0 Å². The number of aliphatic hydroxyl groups is 1. The fraction of sp³-hybridized carbons (Fsp3) is 0.357. The molecule has 0 bridgehead atoms. The number of urea groups is 1. The maximum absolute atomic E-state index is 13.2. The number of nitrogens with zero attached hydrogens (tertiary/aromatic N) is 3. The first-order chi connectivity index (χ1) is 10.9. The number of amides is 2. The van der Waals surface area contributed by atoms with Crippen LogP contribution in [0.3, 0.4) is 0 Å². The van der Waals surface area contributed by atoms with Gasteiger partial charge in [-0.15, -0.1) is 0 Å². The number of nitrogens with one attached hydrogen (secondary N) is 2. The average molecular weight is 325 g/mol. The lowest BCUT2D eigenvalue weighted by Crippen LogP contribution is -2.43. The molecule has 0 saturated heterocycles. The zero-order valence-electron chi connectivity index (χ0n) is 12.6. The second kappa shape index (κ2) is 7.14. The van der Waals surface area contributed by atoms with Crippen LogP contribution in [0.15, 0.2) is 24.5 Å². The molecule has 1 aromatic heterocycles. The van der Waals surface area contributed by atoms with E-state index in [-0.39, 0.29) is 12.1 Å². The van der Waals surface area contributed by atoms with Crippen molar-refractivity contribution >= 4 is 6.03 Å². The molecule has 0 fully saturated rings. The molecule has 0 spiro atoms. The van der Waals surface area contributed by atoms with E-state index >= 15 is 0 Å². The summed E-state index contributed by atoms with van der Waals surface area (Å²) in [5, 5.41) is 19.0. The van der Waals surface area contributed by atoms with Gasteiger partial charge in [-0.2, -0.15) is 5.10 Å². The molecule has 2 amide bonds. The van der Waals surface area contributed by atoms with Crippen LogP contribution >= 0.6 is 0 Å². The number of carbonyl (C=O) groups is 1. The number of carbonyl (C=O) groups excluding carboxylic acids is 1. The van der Waals surface area contributed by atoms with Gasteiger partial charge in [0.1, 0.15) is 12.2 Å². The van der Waals surface area contributed by atoms with Gasteiger partial charge in [-0.05, 0) is 24.6 Å². The van der Waals surface area contributed by atoms with Crippen molar-refractivity contribution in [2.45, 2.75) is 25.6 Å². The molecular weight excluding hydrogens is 308 g/mol. The van der Waals surface area contributed by atoms with Gasteiger partial charge in [0, 0.05) is 7.05 Å². The summed E-state index contributed by atoms with van der Waals surface area (Å²) in [6.07, 6.45) is 0.190. The molecule has 0 radical (unpaired) electrons. The van der Waals surface area contributed by atoms with Crippen molar-refractivity contribution < 1.29 is 18.7 Å². The highest BCUT2D eigenvalue weighted by molar-refractivity contribution is 5.74. The van der Waals surface area contributed by atoms with E-state index in [1.807, 2.05) is 0 Å². The smallest absolute Gasteiger partial charge is 0.315 e. The maximum atomic E-state index is 13.2. The van der Waals surface area contributed by atoms with Gasteiger partial charge in [0.2, 0.25) is 0 Å². The monoisotopic (exact) mass is 325 g/mol. The average Bonchev–Trinajstić information content (AvgIpc) is 2.92. The summed E-state index contributed by atoms with van der Waals surface area (Å²) in [4.78, 5) is 15.7. The summed E-state index contributed by atoms with van der Waals surface area (Å²) in [6, 6.07) is 1.85. The van der Waals surface area contributed by atoms with Crippen LogP contribution in [0.2, 0.25) is 0 Å². The van der Waals surface area contributed by atoms with Gasteiger partial charge in [-0.3, -0.25) is 4.68 Å². The summed E-state index contributed by atoms with van der Waals surface area (Å²) in [6.45, 7) is 1.71. The van der Waals surface area contributed by atoms with E-state index in [4.69, 9.17) is 0 Å². The van der Waals surface area contributed by atoms with Crippen molar-refractivity contribution in [3.63, 3.8) is 0 Å². The Balaban J connectivity index is 1.89. The SMILES string of the molecule is CC(NC(=O)NCc1ncnn1C)C(O)c1ccc(F)c(F)c1. The molecule has 9 heteroatoms. The van der Waals surface area contributed by atoms with Crippen molar-refractivity contribution in [3.8, 4) is 0 Å². The number of benzene rings is 1. The van der Waals surface area contributed by atoms with Crippen molar-refractivity contribution in [1.82, 2.24) is 25.4 Å². The zero-order chi connectivity index (χ0) is 17.0. The Morgan fingerprint density at radius 1 is 1.39 bits per heavy atom. The Kier molecular flexibility index (Phi) is 5.22. The highest BCUT2D eigenvalue weighted by Crippen LogP contribution is 2.19. The van der Waals surface area contributed by atoms with Crippen LogP contribution in [-0.2, 0) is 13.6 Å². The van der Waals surface area contributed by atoms with Crippen LogP contribution in [0.25, 0.3) is 0 Å². The highest BCUT2D eigenvalue weighted by atomic mass is 19.2. The molecule has 2 aromatic rings. The second-order valence-corrected chi connectivity index (χ2v) is 5.03. The number of aliphatic hydroxyl groups excluding tert-OH is 1. The molecule has 2 atom stereocenters. The molecule has 2 unspecified atom stereocenters. The van der Waals surface area contributed by atoms with Gasteiger partial charge >= 0.3 is 6.03 Å². The molecule has 0 aliphatic carbocycles. The molecule has 0 saturated carbocycles. The van der Waals surface area contributed by atoms with Crippen molar-refractivity contribution in [1.29, 1.82) is 0 Å². The zero-order valence-corrected chi connectivity index (χ0v) is 12.6. The first kappa shape index (κ1) is 16.8. The third-order valence-corrected chi connectivity index (χ3v) is 3.33. The van der Waals surface area contributed by atoms with Crippen molar-refractivity contribution in [2.24, 2.45) is 7.05 Å². The van der Waals surface area contributed by atoms with E-state index in [1.54, 1.807) is 14.0 Å². The second-order valence-electron chi connectivity index (χ2n) is 5.03. The first-order valence-electron chi connectivity index (χ1n) is 6.88. The van der Waals surface area contributed by atoms with E-state index in [2.05, 4.69) is 20.7 Å². The number of halogens is 2. The number of aromatic nitrogens is 3. The van der Waals surface area contributed by atoms with Gasteiger partial charge in [0.25, 0.3) is 0 Å². The fourth-order valence-corrected chi connectivity index (χ4v) is 1.96. The molecule has 2 rings (SSSR count). The van der Waals surface area contributed by atoms with E-state index in [0.717, 1.165) is 12.1 Å². The normalized spacial score (nSPS) is 13.4. The topological polar surface area (TPSA) is 92.1 Å². The van der Waals surface area contributed by atoms with Gasteiger partial charge < -0.3 is 15.7 Å². The third-order valence-electron chi connectivity index (χ3n) is 3.33. The van der Waals surface area contributed by atoms with Gasteiger partial charge in [-0.25, -0.2) is 18.6 Å². The van der Waals surface area contributed by atoms with Crippen LogP contribution in [0.4, 0.5) is 13.6 Å². The minimum atomic E-state index is -1.18. The Morgan fingerprint density at radius 2 is 2.13 bits per heavy atom. The first-order valence-corrected chi connectivity index (χ1v) is 6.88. The van der Waals surface area contributed by atoms with Gasteiger partial charge in [0.15, 0.2) is 11.6 Å². The van der Waals surface area contributed by atoms with Crippen molar-refractivity contribution in [3.05, 3.63) is 47.5 Å². The van der Waals surface area contributed by atoms with E-state index in [1.165, 1.54) is 17.1 Å². The minimum Gasteiger partial charge on any atom is -0.386 e. The Morgan fingerprint density at radius 3 is 2.74 bits per heavy atom. The number of hydrogen-bond donors (Lipinski definition) is 3. The molecule has 3 N–H and O–H groups in total. The number of aryl methyl sites for hydroxylation is 1. The molecule has 0 aliphatic rings. The van der Waals surface area contributed by atoms with Gasteiger partial charge in [-0.1, -0.05) is 6.07 Å². The lowest BCUT2D eigenvalue weighted by molar-refractivity contribution is 0.137. The van der Waals surface area contributed by atoms with E-state index < -0.39 is 29.8 Å². The molecule has 124 valence electrons. The molecule has 1 aromatic carbocycles. The molecule has 7 nitrogen and oxygen atoms in total. The van der Waals surface area contributed by atoms with Gasteiger partial charge in [0.05, 0.1) is 18.7 Å². The van der Waals surface area contributed by atoms with E-state index in [0.29, 0.717) is 5.82 Å². The summed E-state index contributed by atoms with van der Waals surface area (Å²) >= 11 is 0. The van der Waals surface area contributed by atoms with E-state index in [9.17, 15) is 18.7 Å². The minimum absolute atomic E-state index is 0.163. The largest absolute Gasteiger partial charge is 0.386 e. The molecule has 1 heterocycles. The maximum Gasteiger partial charge on any atom is 0.315 e. The molecular formula is C14H17F2N5O2. The van der Waals surface area contributed by atoms with Crippen LogP contribution in [-0.4, -0.2) is 31.9 Å². The Bertz CT molecular complexity index is 692. The van der Waals surface area contributed by atoms with Crippen molar-refractivity contribution in [2.75, 3.05) is 0 Å². The molecule has 23 heavy (non-hydrogen) atoms. The third kappa shape index (κ3) is 4.22. The van der Waals surface area contributed by atoms with Crippen LogP contribution in [0, 0.1) is 11.6 Å². The number of rotatable bonds is 5. The summed E-state index contributed by atoms with van der Waals surface area (Å²) < 4.78 is 27.6. The predicted octanol–water partition coefficient (Wildman–Crippen LogP) is 1.01. The van der Waals surface area contributed by atoms with Crippen LogP contribution in [0.1, 0.15) is 24.4 Å². The van der Waals surface area contributed by atoms with Crippen LogP contribution < -0.4 is 10.6 Å². The quantitative estimate of drug-likeness (QED) is 0.765. The predicted molar refractivity (Wildman–Crippen MR) is 77.2 cm³/mol. The summed E-state index contributed by atoms with van der Waals surface area (Å²) in [5.41, 5.74) is 0.171. The standard InChI is InChI=1S/C14H17F2N5O2/c1-8(13(22)9-3-4-10(15)11(16)5-9)20-14(23)17-6-12-18-7-19-21(12)2/h3-5,7-8,13,22H,6H2,1-2H3,(H2,17,20,23). The molecule has 0 aliphatic heterocycles.